The number of carbonyl (C=O) groups excluding carboxylic acids is 1. The van der Waals surface area contributed by atoms with Gasteiger partial charge in [-0.1, -0.05) is 12.8 Å². The summed E-state index contributed by atoms with van der Waals surface area (Å²) in [5, 5.41) is 3.59. The monoisotopic (exact) mass is 288 g/mol. The smallest absolute Gasteiger partial charge is 0.242 e. The maximum atomic E-state index is 12.4. The molecule has 3 heterocycles. The molecular formula is C16H24N4O. The Kier molecular flexibility index (Phi) is 3.25. The number of nitrogens with zero attached hydrogens (tertiary/aromatic N) is 3. The summed E-state index contributed by atoms with van der Waals surface area (Å²) >= 11 is 0. The Labute approximate surface area is 125 Å². The molecular weight excluding hydrogens is 264 g/mol. The first-order valence-electron chi connectivity index (χ1n) is 8.25. The van der Waals surface area contributed by atoms with Gasteiger partial charge in [0.25, 0.3) is 0 Å². The van der Waals surface area contributed by atoms with Gasteiger partial charge < -0.3 is 14.8 Å². The number of amides is 1. The van der Waals surface area contributed by atoms with E-state index in [9.17, 15) is 4.79 Å². The van der Waals surface area contributed by atoms with Crippen molar-refractivity contribution in [1.29, 1.82) is 0 Å². The van der Waals surface area contributed by atoms with Gasteiger partial charge in [0.2, 0.25) is 5.91 Å². The fourth-order valence-corrected chi connectivity index (χ4v) is 4.59. The van der Waals surface area contributed by atoms with E-state index in [0.29, 0.717) is 24.4 Å². The van der Waals surface area contributed by atoms with E-state index in [0.717, 1.165) is 25.5 Å². The summed E-state index contributed by atoms with van der Waals surface area (Å²) in [7, 11) is 0. The van der Waals surface area contributed by atoms with Crippen LogP contribution in [0, 0.1) is 11.3 Å². The fraction of sp³-hybridized carbons (Fsp3) is 0.750. The third-order valence-corrected chi connectivity index (χ3v) is 5.85. The molecule has 0 bridgehead atoms. The molecule has 0 radical (unpaired) electrons. The molecule has 2 aliphatic heterocycles. The summed E-state index contributed by atoms with van der Waals surface area (Å²) in [6, 6.07) is 0. The lowest BCUT2D eigenvalue weighted by molar-refractivity contribution is -0.136. The molecule has 1 amide bonds. The molecule has 1 spiro atoms. The second kappa shape index (κ2) is 5.13. The minimum absolute atomic E-state index is 0.257. The Morgan fingerprint density at radius 1 is 1.33 bits per heavy atom. The lowest BCUT2D eigenvalue weighted by Gasteiger charge is -2.44. The van der Waals surface area contributed by atoms with Crippen LogP contribution in [-0.4, -0.2) is 40.0 Å². The molecule has 21 heavy (non-hydrogen) atoms. The first-order chi connectivity index (χ1) is 10.3. The van der Waals surface area contributed by atoms with Gasteiger partial charge in [-0.2, -0.15) is 0 Å². The van der Waals surface area contributed by atoms with Crippen molar-refractivity contribution >= 4 is 5.91 Å². The average molecular weight is 288 g/mol. The van der Waals surface area contributed by atoms with Crippen LogP contribution in [0.3, 0.4) is 0 Å². The zero-order chi connectivity index (χ0) is 14.3. The van der Waals surface area contributed by atoms with E-state index in [1.54, 1.807) is 6.20 Å². The van der Waals surface area contributed by atoms with Gasteiger partial charge in [0.05, 0.1) is 6.54 Å². The number of piperidine rings is 1. The molecule has 1 atom stereocenters. The highest BCUT2D eigenvalue weighted by atomic mass is 16.2. The summed E-state index contributed by atoms with van der Waals surface area (Å²) in [5.41, 5.74) is 0.450. The molecule has 1 saturated heterocycles. The van der Waals surface area contributed by atoms with E-state index in [4.69, 9.17) is 0 Å². The highest BCUT2D eigenvalue weighted by Crippen LogP contribution is 2.47. The van der Waals surface area contributed by atoms with E-state index in [1.165, 1.54) is 32.1 Å². The molecule has 2 fully saturated rings. The number of rotatable bonds is 2. The summed E-state index contributed by atoms with van der Waals surface area (Å²) in [6.45, 7) is 4.32. The minimum atomic E-state index is 0.257. The van der Waals surface area contributed by atoms with Crippen LogP contribution in [0.2, 0.25) is 0 Å². The van der Waals surface area contributed by atoms with Crippen LogP contribution >= 0.6 is 0 Å². The first kappa shape index (κ1) is 13.3. The van der Waals surface area contributed by atoms with Gasteiger partial charge in [-0.15, -0.1) is 0 Å². The third kappa shape index (κ3) is 2.27. The minimum Gasteiger partial charge on any atom is -0.333 e. The number of imidazole rings is 1. The second-order valence-electron chi connectivity index (χ2n) is 6.98. The zero-order valence-electron chi connectivity index (χ0n) is 12.6. The maximum Gasteiger partial charge on any atom is 0.242 e. The highest BCUT2D eigenvalue weighted by molar-refractivity contribution is 5.77. The molecule has 1 N–H and O–H groups in total. The number of carbonyl (C=O) groups is 1. The van der Waals surface area contributed by atoms with Crippen LogP contribution in [0.25, 0.3) is 0 Å². The number of aromatic nitrogens is 2. The van der Waals surface area contributed by atoms with Crippen LogP contribution in [0.15, 0.2) is 12.4 Å². The maximum absolute atomic E-state index is 12.4. The van der Waals surface area contributed by atoms with E-state index < -0.39 is 0 Å². The van der Waals surface area contributed by atoms with Gasteiger partial charge in [-0.25, -0.2) is 4.98 Å². The molecule has 1 saturated carbocycles. The molecule has 5 nitrogen and oxygen atoms in total. The standard InChI is InChI=1S/C16H24N4O/c21-15-11-19-8-7-18-14(19)10-20(15)9-13-3-6-17-12-16(13)4-1-2-5-16/h7-8,13,17H,1-6,9-12H2. The molecule has 1 aromatic rings. The summed E-state index contributed by atoms with van der Waals surface area (Å²) in [4.78, 5) is 18.8. The summed E-state index contributed by atoms with van der Waals surface area (Å²) in [5.74, 6) is 1.95. The number of hydrogen-bond acceptors (Lipinski definition) is 3. The van der Waals surface area contributed by atoms with Crippen molar-refractivity contribution in [2.75, 3.05) is 19.6 Å². The molecule has 5 heteroatoms. The van der Waals surface area contributed by atoms with E-state index >= 15 is 0 Å². The fourth-order valence-electron chi connectivity index (χ4n) is 4.59. The number of nitrogens with one attached hydrogen (secondary N) is 1. The van der Waals surface area contributed by atoms with Gasteiger partial charge in [0.15, 0.2) is 0 Å². The first-order valence-corrected chi connectivity index (χ1v) is 8.25. The Hall–Kier alpha value is -1.36. The van der Waals surface area contributed by atoms with Crippen LogP contribution in [-0.2, 0) is 17.9 Å². The Morgan fingerprint density at radius 3 is 3.05 bits per heavy atom. The second-order valence-corrected chi connectivity index (χ2v) is 6.98. The van der Waals surface area contributed by atoms with Crippen LogP contribution in [0.4, 0.5) is 0 Å². The van der Waals surface area contributed by atoms with Gasteiger partial charge in [0.1, 0.15) is 12.4 Å². The van der Waals surface area contributed by atoms with Crippen LogP contribution in [0.1, 0.15) is 37.9 Å². The van der Waals surface area contributed by atoms with Crippen molar-refractivity contribution in [3.05, 3.63) is 18.2 Å². The molecule has 0 aromatic carbocycles. The third-order valence-electron chi connectivity index (χ3n) is 5.85. The predicted molar refractivity (Wildman–Crippen MR) is 79.5 cm³/mol. The lowest BCUT2D eigenvalue weighted by atomic mass is 9.70. The largest absolute Gasteiger partial charge is 0.333 e. The average Bonchev–Trinajstić information content (AvgIpc) is 3.11. The topological polar surface area (TPSA) is 50.2 Å². The van der Waals surface area contributed by atoms with Crippen molar-refractivity contribution in [2.45, 2.75) is 45.2 Å². The van der Waals surface area contributed by atoms with Crippen LogP contribution < -0.4 is 5.32 Å². The molecule has 114 valence electrons. The SMILES string of the molecule is O=C1Cn2ccnc2CN1CC1CCNCC12CCCC2. The lowest BCUT2D eigenvalue weighted by Crippen LogP contribution is -2.51. The molecule has 1 unspecified atom stereocenters. The van der Waals surface area contributed by atoms with E-state index in [2.05, 4.69) is 15.2 Å². The van der Waals surface area contributed by atoms with Gasteiger partial charge in [0, 0.05) is 25.5 Å². The van der Waals surface area contributed by atoms with Crippen molar-refractivity contribution in [3.63, 3.8) is 0 Å². The van der Waals surface area contributed by atoms with Crippen molar-refractivity contribution in [3.8, 4) is 0 Å². The van der Waals surface area contributed by atoms with Crippen molar-refractivity contribution < 1.29 is 4.79 Å². The Balaban J connectivity index is 1.51. The highest BCUT2D eigenvalue weighted by Gasteiger charge is 2.44. The van der Waals surface area contributed by atoms with Gasteiger partial charge in [-0.3, -0.25) is 4.79 Å². The Morgan fingerprint density at radius 2 is 2.19 bits per heavy atom. The zero-order valence-corrected chi connectivity index (χ0v) is 12.6. The van der Waals surface area contributed by atoms with Gasteiger partial charge in [-0.05, 0) is 37.1 Å². The molecule has 3 aliphatic rings. The summed E-state index contributed by atoms with van der Waals surface area (Å²) in [6.07, 6.45) is 10.3. The van der Waals surface area contributed by atoms with Crippen molar-refractivity contribution in [1.82, 2.24) is 19.8 Å². The number of fused-ring (bicyclic) bond motifs is 1. The number of hydrogen-bond donors (Lipinski definition) is 1. The van der Waals surface area contributed by atoms with Gasteiger partial charge >= 0.3 is 0 Å². The normalized spacial score (nSPS) is 28.1. The predicted octanol–water partition coefficient (Wildman–Crippen LogP) is 1.40. The molecule has 1 aliphatic carbocycles. The van der Waals surface area contributed by atoms with E-state index in [-0.39, 0.29) is 5.91 Å². The van der Waals surface area contributed by atoms with Crippen LogP contribution in [0.5, 0.6) is 0 Å². The van der Waals surface area contributed by atoms with Crippen molar-refractivity contribution in [2.24, 2.45) is 11.3 Å². The quantitative estimate of drug-likeness (QED) is 0.895. The Bertz CT molecular complexity index is 532. The summed E-state index contributed by atoms with van der Waals surface area (Å²) < 4.78 is 1.98. The van der Waals surface area contributed by atoms with E-state index in [1.807, 2.05) is 10.8 Å². The molecule has 1 aromatic heterocycles. The molecule has 4 rings (SSSR count).